The predicted molar refractivity (Wildman–Crippen MR) is 86.2 cm³/mol. The van der Waals surface area contributed by atoms with Crippen LogP contribution in [0.3, 0.4) is 0 Å². The topological polar surface area (TPSA) is 29.5 Å². The minimum Gasteiger partial charge on any atom is -0.488 e. The van der Waals surface area contributed by atoms with E-state index in [2.05, 4.69) is 30.3 Å². The van der Waals surface area contributed by atoms with E-state index in [1.807, 2.05) is 31.2 Å². The lowest BCUT2D eigenvalue weighted by molar-refractivity contribution is 0.339. The summed E-state index contributed by atoms with van der Waals surface area (Å²) >= 11 is 0. The smallest absolute Gasteiger partial charge is 0.127 e. The van der Waals surface area contributed by atoms with Crippen LogP contribution in [0.4, 0.5) is 0 Å². The standard InChI is InChI=1S/C19H18O2/c1-14(9-10-20)18-12-17-11-16(7-8-19(17)21-13-18)15-5-3-2-4-6-15/h2-9,11-12,20H,10,13H2,1H3. The number of hydrogen-bond donors (Lipinski definition) is 1. The average Bonchev–Trinajstić information content (AvgIpc) is 2.55. The zero-order chi connectivity index (χ0) is 14.7. The van der Waals surface area contributed by atoms with Gasteiger partial charge in [0.05, 0.1) is 6.61 Å². The lowest BCUT2D eigenvalue weighted by Crippen LogP contribution is -2.08. The van der Waals surface area contributed by atoms with Crippen molar-refractivity contribution < 1.29 is 9.84 Å². The Morgan fingerprint density at radius 1 is 1.14 bits per heavy atom. The molecule has 0 unspecified atom stereocenters. The van der Waals surface area contributed by atoms with Gasteiger partial charge in [-0.2, -0.15) is 0 Å². The van der Waals surface area contributed by atoms with E-state index in [0.717, 1.165) is 22.5 Å². The fourth-order valence-corrected chi connectivity index (χ4v) is 2.48. The van der Waals surface area contributed by atoms with Gasteiger partial charge in [0.25, 0.3) is 0 Å². The van der Waals surface area contributed by atoms with Crippen molar-refractivity contribution in [1.29, 1.82) is 0 Å². The first-order valence-electron chi connectivity index (χ1n) is 7.09. The largest absolute Gasteiger partial charge is 0.488 e. The van der Waals surface area contributed by atoms with Gasteiger partial charge < -0.3 is 9.84 Å². The maximum Gasteiger partial charge on any atom is 0.127 e. The van der Waals surface area contributed by atoms with E-state index in [9.17, 15) is 0 Å². The van der Waals surface area contributed by atoms with Crippen LogP contribution in [0.1, 0.15) is 12.5 Å². The Balaban J connectivity index is 2.00. The number of rotatable bonds is 3. The van der Waals surface area contributed by atoms with Crippen LogP contribution in [0.2, 0.25) is 0 Å². The number of fused-ring (bicyclic) bond motifs is 1. The van der Waals surface area contributed by atoms with Crippen LogP contribution in [0.15, 0.2) is 65.8 Å². The number of aliphatic hydroxyl groups is 1. The summed E-state index contributed by atoms with van der Waals surface area (Å²) in [5.74, 6) is 0.912. The summed E-state index contributed by atoms with van der Waals surface area (Å²) in [5.41, 5.74) is 5.64. The van der Waals surface area contributed by atoms with Gasteiger partial charge in [-0.15, -0.1) is 0 Å². The van der Waals surface area contributed by atoms with E-state index in [1.165, 1.54) is 11.1 Å². The van der Waals surface area contributed by atoms with Crippen molar-refractivity contribution in [3.63, 3.8) is 0 Å². The van der Waals surface area contributed by atoms with Gasteiger partial charge in [-0.25, -0.2) is 0 Å². The van der Waals surface area contributed by atoms with Crippen LogP contribution in [0.25, 0.3) is 17.2 Å². The molecule has 1 aliphatic heterocycles. The summed E-state index contributed by atoms with van der Waals surface area (Å²) in [6.07, 6.45) is 3.95. The fourth-order valence-electron chi connectivity index (χ4n) is 2.48. The molecule has 0 aromatic heterocycles. The predicted octanol–water partition coefficient (Wildman–Crippen LogP) is 4.07. The lowest BCUT2D eigenvalue weighted by Gasteiger charge is -2.19. The van der Waals surface area contributed by atoms with Gasteiger partial charge in [0.1, 0.15) is 12.4 Å². The van der Waals surface area contributed by atoms with Crippen molar-refractivity contribution in [1.82, 2.24) is 0 Å². The highest BCUT2D eigenvalue weighted by Crippen LogP contribution is 2.32. The van der Waals surface area contributed by atoms with Gasteiger partial charge >= 0.3 is 0 Å². The molecule has 0 aliphatic carbocycles. The summed E-state index contributed by atoms with van der Waals surface area (Å²) in [6, 6.07) is 16.6. The highest BCUT2D eigenvalue weighted by Gasteiger charge is 2.13. The van der Waals surface area contributed by atoms with E-state index < -0.39 is 0 Å². The normalized spacial score (nSPS) is 14.2. The number of benzene rings is 2. The molecule has 0 fully saturated rings. The van der Waals surface area contributed by atoms with Gasteiger partial charge in [-0.05, 0) is 47.4 Å². The third-order valence-electron chi connectivity index (χ3n) is 3.73. The Kier molecular flexibility index (Phi) is 3.89. The van der Waals surface area contributed by atoms with Crippen LogP contribution in [0, 0.1) is 0 Å². The summed E-state index contributed by atoms with van der Waals surface area (Å²) in [7, 11) is 0. The average molecular weight is 278 g/mol. The van der Waals surface area contributed by atoms with Crippen molar-refractivity contribution >= 4 is 6.08 Å². The molecular weight excluding hydrogens is 260 g/mol. The molecule has 1 heterocycles. The molecule has 2 nitrogen and oxygen atoms in total. The Hall–Kier alpha value is -2.32. The van der Waals surface area contributed by atoms with Crippen LogP contribution >= 0.6 is 0 Å². The number of hydrogen-bond acceptors (Lipinski definition) is 2. The SMILES string of the molecule is CC(=CCO)C1=Cc2cc(-c3ccccc3)ccc2OC1. The lowest BCUT2D eigenvalue weighted by atomic mass is 9.98. The van der Waals surface area contributed by atoms with Crippen molar-refractivity contribution in [2.24, 2.45) is 0 Å². The van der Waals surface area contributed by atoms with Gasteiger partial charge in [0.15, 0.2) is 0 Å². The summed E-state index contributed by atoms with van der Waals surface area (Å²) in [6.45, 7) is 2.61. The van der Waals surface area contributed by atoms with E-state index >= 15 is 0 Å². The molecular formula is C19H18O2. The van der Waals surface area contributed by atoms with Crippen LogP contribution < -0.4 is 4.74 Å². The first-order chi connectivity index (χ1) is 10.3. The van der Waals surface area contributed by atoms with E-state index in [1.54, 1.807) is 6.08 Å². The second kappa shape index (κ2) is 5.98. The number of aliphatic hydroxyl groups excluding tert-OH is 1. The number of ether oxygens (including phenoxy) is 1. The van der Waals surface area contributed by atoms with Gasteiger partial charge in [0, 0.05) is 5.56 Å². The zero-order valence-corrected chi connectivity index (χ0v) is 12.0. The quantitative estimate of drug-likeness (QED) is 0.917. The summed E-state index contributed by atoms with van der Waals surface area (Å²) < 4.78 is 5.80. The maximum atomic E-state index is 9.01. The monoisotopic (exact) mass is 278 g/mol. The Bertz CT molecular complexity index is 697. The molecule has 0 amide bonds. The molecule has 0 saturated heterocycles. The molecule has 106 valence electrons. The Labute approximate surface area is 125 Å². The molecule has 21 heavy (non-hydrogen) atoms. The Morgan fingerprint density at radius 2 is 1.95 bits per heavy atom. The first kappa shape index (κ1) is 13.7. The minimum atomic E-state index is 0.0556. The molecule has 0 bridgehead atoms. The molecule has 2 heteroatoms. The first-order valence-corrected chi connectivity index (χ1v) is 7.09. The summed E-state index contributed by atoms with van der Waals surface area (Å²) in [5, 5.41) is 9.01. The van der Waals surface area contributed by atoms with Gasteiger partial charge in [-0.1, -0.05) is 42.5 Å². The highest BCUT2D eigenvalue weighted by molar-refractivity contribution is 5.73. The van der Waals surface area contributed by atoms with Crippen molar-refractivity contribution in [2.75, 3.05) is 13.2 Å². The molecule has 1 N–H and O–H groups in total. The van der Waals surface area contributed by atoms with Crippen molar-refractivity contribution in [3.8, 4) is 16.9 Å². The van der Waals surface area contributed by atoms with Gasteiger partial charge in [0.2, 0.25) is 0 Å². The van der Waals surface area contributed by atoms with Crippen LogP contribution in [-0.2, 0) is 0 Å². The highest BCUT2D eigenvalue weighted by atomic mass is 16.5. The molecule has 2 aromatic carbocycles. The zero-order valence-electron chi connectivity index (χ0n) is 12.0. The maximum absolute atomic E-state index is 9.01. The second-order valence-electron chi connectivity index (χ2n) is 5.15. The summed E-state index contributed by atoms with van der Waals surface area (Å²) in [4.78, 5) is 0. The molecule has 1 aliphatic rings. The van der Waals surface area contributed by atoms with E-state index in [0.29, 0.717) is 6.61 Å². The van der Waals surface area contributed by atoms with Gasteiger partial charge in [-0.3, -0.25) is 0 Å². The molecule has 0 saturated carbocycles. The Morgan fingerprint density at radius 3 is 2.71 bits per heavy atom. The third kappa shape index (κ3) is 2.91. The fraction of sp³-hybridized carbons (Fsp3) is 0.158. The molecule has 0 radical (unpaired) electrons. The van der Waals surface area contributed by atoms with Crippen molar-refractivity contribution in [2.45, 2.75) is 6.92 Å². The molecule has 0 atom stereocenters. The molecule has 3 rings (SSSR count). The molecule has 2 aromatic rings. The third-order valence-corrected chi connectivity index (χ3v) is 3.73. The van der Waals surface area contributed by atoms with E-state index in [-0.39, 0.29) is 6.61 Å². The van der Waals surface area contributed by atoms with Crippen LogP contribution in [0.5, 0.6) is 5.75 Å². The second-order valence-corrected chi connectivity index (χ2v) is 5.15. The van der Waals surface area contributed by atoms with Crippen molar-refractivity contribution in [3.05, 3.63) is 71.3 Å². The minimum absolute atomic E-state index is 0.0556. The molecule has 0 spiro atoms. The van der Waals surface area contributed by atoms with E-state index in [4.69, 9.17) is 9.84 Å². The van der Waals surface area contributed by atoms with Crippen LogP contribution in [-0.4, -0.2) is 18.3 Å².